The number of aryl methyl sites for hydroxylation is 1. The van der Waals surface area contributed by atoms with Crippen LogP contribution in [0.15, 0.2) is 12.4 Å². The summed E-state index contributed by atoms with van der Waals surface area (Å²) < 4.78 is 1.66. The lowest BCUT2D eigenvalue weighted by molar-refractivity contribution is -0.137. The lowest BCUT2D eigenvalue weighted by Crippen LogP contribution is -2.42. The first-order chi connectivity index (χ1) is 8.38. The van der Waals surface area contributed by atoms with Gasteiger partial charge in [-0.05, 0) is 6.92 Å². The highest BCUT2D eigenvalue weighted by Gasteiger charge is 2.14. The predicted molar refractivity (Wildman–Crippen MR) is 64.9 cm³/mol. The smallest absolute Gasteiger partial charge is 0.317 e. The minimum atomic E-state index is -0.933. The van der Waals surface area contributed by atoms with Gasteiger partial charge in [-0.1, -0.05) is 0 Å². The average Bonchev–Trinajstić information content (AvgIpc) is 2.62. The van der Waals surface area contributed by atoms with Crippen molar-refractivity contribution in [2.75, 3.05) is 7.05 Å². The summed E-state index contributed by atoms with van der Waals surface area (Å²) in [5, 5.41) is 15.2. The molecule has 18 heavy (non-hydrogen) atoms. The van der Waals surface area contributed by atoms with Gasteiger partial charge >= 0.3 is 12.0 Å². The second kappa shape index (κ2) is 6.04. The number of carbonyl (C=O) groups is 2. The summed E-state index contributed by atoms with van der Waals surface area (Å²) in [5.41, 5.74) is 0.918. The Morgan fingerprint density at radius 1 is 1.61 bits per heavy atom. The van der Waals surface area contributed by atoms with Gasteiger partial charge in [0.15, 0.2) is 0 Å². The van der Waals surface area contributed by atoms with E-state index >= 15 is 0 Å². The van der Waals surface area contributed by atoms with Gasteiger partial charge in [-0.25, -0.2) is 4.79 Å². The van der Waals surface area contributed by atoms with Crippen LogP contribution in [0.25, 0.3) is 0 Å². The molecule has 0 radical (unpaired) electrons. The number of nitrogens with zero attached hydrogens (tertiary/aromatic N) is 3. The SMILES string of the molecule is CC(CC(=O)O)NC(=O)N(C)Cc1cnn(C)c1. The molecule has 0 saturated heterocycles. The highest BCUT2D eigenvalue weighted by Crippen LogP contribution is 2.02. The number of amides is 2. The maximum absolute atomic E-state index is 11.7. The number of aromatic nitrogens is 2. The molecule has 7 heteroatoms. The number of hydrogen-bond acceptors (Lipinski definition) is 3. The summed E-state index contributed by atoms with van der Waals surface area (Å²) in [5.74, 6) is -0.933. The molecule has 1 atom stereocenters. The molecule has 0 saturated carbocycles. The Morgan fingerprint density at radius 2 is 2.28 bits per heavy atom. The molecular formula is C11H18N4O3. The fourth-order valence-electron chi connectivity index (χ4n) is 1.53. The van der Waals surface area contributed by atoms with Crippen LogP contribution in [0.4, 0.5) is 4.79 Å². The zero-order valence-electron chi connectivity index (χ0n) is 10.8. The van der Waals surface area contributed by atoms with Gasteiger partial charge in [-0.15, -0.1) is 0 Å². The molecular weight excluding hydrogens is 236 g/mol. The fourth-order valence-corrected chi connectivity index (χ4v) is 1.53. The predicted octanol–water partition coefficient (Wildman–Crippen LogP) is 0.425. The number of nitrogens with one attached hydrogen (secondary N) is 1. The Kier molecular flexibility index (Phi) is 4.70. The molecule has 0 aliphatic heterocycles. The van der Waals surface area contributed by atoms with Gasteiger partial charge in [0.05, 0.1) is 19.2 Å². The normalized spacial score (nSPS) is 11.9. The Hall–Kier alpha value is -2.05. The van der Waals surface area contributed by atoms with E-state index in [1.165, 1.54) is 4.90 Å². The van der Waals surface area contributed by atoms with Gasteiger partial charge in [-0.2, -0.15) is 5.10 Å². The lowest BCUT2D eigenvalue weighted by atomic mass is 10.2. The van der Waals surface area contributed by atoms with Crippen molar-refractivity contribution in [2.24, 2.45) is 7.05 Å². The highest BCUT2D eigenvalue weighted by atomic mass is 16.4. The van der Waals surface area contributed by atoms with E-state index < -0.39 is 12.0 Å². The average molecular weight is 254 g/mol. The second-order valence-electron chi connectivity index (χ2n) is 4.33. The summed E-state index contributed by atoms with van der Waals surface area (Å²) in [4.78, 5) is 23.7. The van der Waals surface area contributed by atoms with Gasteiger partial charge in [0.25, 0.3) is 0 Å². The molecule has 0 aromatic carbocycles. The molecule has 2 amide bonds. The first-order valence-electron chi connectivity index (χ1n) is 5.59. The van der Waals surface area contributed by atoms with Gasteiger partial charge < -0.3 is 15.3 Å². The van der Waals surface area contributed by atoms with Crippen LogP contribution in [-0.2, 0) is 18.4 Å². The topological polar surface area (TPSA) is 87.5 Å². The third-order valence-corrected chi connectivity index (χ3v) is 2.38. The van der Waals surface area contributed by atoms with Gasteiger partial charge in [0.1, 0.15) is 0 Å². The Bertz CT molecular complexity index is 430. The monoisotopic (exact) mass is 254 g/mol. The summed E-state index contributed by atoms with van der Waals surface area (Å²) in [6.07, 6.45) is 3.42. The van der Waals surface area contributed by atoms with Crippen LogP contribution in [0.2, 0.25) is 0 Å². The van der Waals surface area contributed by atoms with Crippen molar-refractivity contribution in [3.05, 3.63) is 18.0 Å². The minimum Gasteiger partial charge on any atom is -0.481 e. The number of rotatable bonds is 5. The summed E-state index contributed by atoms with van der Waals surface area (Å²) in [6, 6.07) is -0.695. The summed E-state index contributed by atoms with van der Waals surface area (Å²) >= 11 is 0. The lowest BCUT2D eigenvalue weighted by Gasteiger charge is -2.20. The molecule has 7 nitrogen and oxygen atoms in total. The third kappa shape index (κ3) is 4.44. The standard InChI is InChI=1S/C11H18N4O3/c1-8(4-10(16)17)13-11(18)14(2)6-9-5-12-15(3)7-9/h5,7-8H,4,6H2,1-3H3,(H,13,18)(H,16,17). The van der Waals surface area contributed by atoms with E-state index in [0.717, 1.165) is 5.56 Å². The number of hydrogen-bond donors (Lipinski definition) is 2. The van der Waals surface area contributed by atoms with Gasteiger partial charge in [0, 0.05) is 31.9 Å². The van der Waals surface area contributed by atoms with E-state index in [0.29, 0.717) is 6.54 Å². The van der Waals surface area contributed by atoms with Crippen LogP contribution in [0.5, 0.6) is 0 Å². The molecule has 0 aliphatic carbocycles. The van der Waals surface area contributed by atoms with Crippen molar-refractivity contribution in [1.82, 2.24) is 20.0 Å². The quantitative estimate of drug-likeness (QED) is 0.797. The van der Waals surface area contributed by atoms with Crippen LogP contribution in [-0.4, -0.2) is 44.9 Å². The van der Waals surface area contributed by atoms with Gasteiger partial charge in [0.2, 0.25) is 0 Å². The van der Waals surface area contributed by atoms with E-state index in [4.69, 9.17) is 5.11 Å². The molecule has 1 unspecified atom stereocenters. The molecule has 1 aromatic heterocycles. The maximum Gasteiger partial charge on any atom is 0.317 e. The highest BCUT2D eigenvalue weighted by molar-refractivity contribution is 5.75. The Balaban J connectivity index is 2.44. The molecule has 0 aliphatic rings. The van der Waals surface area contributed by atoms with Crippen molar-refractivity contribution in [2.45, 2.75) is 25.9 Å². The van der Waals surface area contributed by atoms with Crippen LogP contribution >= 0.6 is 0 Å². The van der Waals surface area contributed by atoms with E-state index in [-0.39, 0.29) is 12.5 Å². The number of carboxylic acid groups (broad SMARTS) is 1. The molecule has 0 spiro atoms. The van der Waals surface area contributed by atoms with Crippen molar-refractivity contribution in [3.63, 3.8) is 0 Å². The fraction of sp³-hybridized carbons (Fsp3) is 0.545. The molecule has 0 bridgehead atoms. The van der Waals surface area contributed by atoms with E-state index in [2.05, 4.69) is 10.4 Å². The van der Waals surface area contributed by atoms with Crippen LogP contribution in [0.1, 0.15) is 18.9 Å². The van der Waals surface area contributed by atoms with Gasteiger partial charge in [-0.3, -0.25) is 9.48 Å². The van der Waals surface area contributed by atoms with Crippen LogP contribution in [0.3, 0.4) is 0 Å². The zero-order valence-corrected chi connectivity index (χ0v) is 10.8. The van der Waals surface area contributed by atoms with E-state index in [1.54, 1.807) is 31.9 Å². The molecule has 1 rings (SSSR count). The molecule has 2 N–H and O–H groups in total. The first kappa shape index (κ1) is 14.0. The number of carbonyl (C=O) groups excluding carboxylic acids is 1. The molecule has 100 valence electrons. The number of urea groups is 1. The number of carboxylic acids is 1. The largest absolute Gasteiger partial charge is 0.481 e. The number of aliphatic carboxylic acids is 1. The third-order valence-electron chi connectivity index (χ3n) is 2.38. The molecule has 0 fully saturated rings. The second-order valence-corrected chi connectivity index (χ2v) is 4.33. The van der Waals surface area contributed by atoms with E-state index in [9.17, 15) is 9.59 Å². The van der Waals surface area contributed by atoms with Crippen molar-refractivity contribution in [1.29, 1.82) is 0 Å². The van der Waals surface area contributed by atoms with E-state index in [1.807, 2.05) is 6.20 Å². The van der Waals surface area contributed by atoms with Crippen LogP contribution in [0, 0.1) is 0 Å². The Labute approximate surface area is 105 Å². The maximum atomic E-state index is 11.7. The van der Waals surface area contributed by atoms with Crippen molar-refractivity contribution < 1.29 is 14.7 Å². The molecule has 1 aromatic rings. The van der Waals surface area contributed by atoms with Crippen molar-refractivity contribution >= 4 is 12.0 Å². The first-order valence-corrected chi connectivity index (χ1v) is 5.59. The minimum absolute atomic E-state index is 0.0908. The summed E-state index contributed by atoms with van der Waals surface area (Å²) in [7, 11) is 3.45. The van der Waals surface area contributed by atoms with Crippen LogP contribution < -0.4 is 5.32 Å². The van der Waals surface area contributed by atoms with Crippen molar-refractivity contribution in [3.8, 4) is 0 Å². The Morgan fingerprint density at radius 3 is 2.78 bits per heavy atom. The molecule has 1 heterocycles. The summed E-state index contributed by atoms with van der Waals surface area (Å²) in [6.45, 7) is 2.09. The zero-order chi connectivity index (χ0) is 13.7.